The van der Waals surface area contributed by atoms with Gasteiger partial charge < -0.3 is 10.6 Å². The highest BCUT2D eigenvalue weighted by Gasteiger charge is 2.18. The summed E-state index contributed by atoms with van der Waals surface area (Å²) in [5, 5.41) is 0. The summed E-state index contributed by atoms with van der Waals surface area (Å²) < 4.78 is 0. The molecule has 0 spiro atoms. The number of nitrogens with zero attached hydrogens (tertiary/aromatic N) is 2. The molecule has 0 amide bonds. The van der Waals surface area contributed by atoms with Crippen LogP contribution in [0.2, 0.25) is 0 Å². The number of hydrogen-bond acceptors (Lipinski definition) is 3. The van der Waals surface area contributed by atoms with Gasteiger partial charge in [-0.25, -0.2) is 0 Å². The molecule has 0 bridgehead atoms. The van der Waals surface area contributed by atoms with E-state index in [4.69, 9.17) is 5.73 Å². The van der Waals surface area contributed by atoms with Gasteiger partial charge in [0.1, 0.15) is 5.84 Å². The molecule has 0 saturated carbocycles. The molecule has 3 nitrogen and oxygen atoms in total. The molecule has 26 heavy (non-hydrogen) atoms. The van der Waals surface area contributed by atoms with Gasteiger partial charge in [-0.3, -0.25) is 4.99 Å². The van der Waals surface area contributed by atoms with E-state index in [1.165, 1.54) is 109 Å². The van der Waals surface area contributed by atoms with Crippen LogP contribution < -0.4 is 5.73 Å². The monoisotopic (exact) mass is 365 g/mol. The summed E-state index contributed by atoms with van der Waals surface area (Å²) in [6.07, 6.45) is 24.1. The second-order valence-corrected chi connectivity index (χ2v) is 8.29. The minimum atomic E-state index is 0.123. The maximum atomic E-state index is 5.99. The fraction of sp³-hybridized carbons (Fsp3) is 0.957. The molecule has 1 unspecified atom stereocenters. The van der Waals surface area contributed by atoms with Crippen molar-refractivity contribution >= 4 is 5.84 Å². The maximum absolute atomic E-state index is 5.99. The summed E-state index contributed by atoms with van der Waals surface area (Å²) in [6, 6.07) is 0. The molecule has 1 aliphatic rings. The Kier molecular flexibility index (Phi) is 15.0. The molecule has 154 valence electrons. The van der Waals surface area contributed by atoms with E-state index in [2.05, 4.69) is 23.7 Å². The fourth-order valence-electron chi connectivity index (χ4n) is 4.00. The molecule has 1 heterocycles. The molecular formula is C23H47N3. The Balaban J connectivity index is 1.76. The van der Waals surface area contributed by atoms with Gasteiger partial charge in [-0.2, -0.15) is 0 Å². The topological polar surface area (TPSA) is 41.6 Å². The Labute approximate surface area is 164 Å². The van der Waals surface area contributed by atoms with Crippen LogP contribution >= 0.6 is 0 Å². The molecule has 1 atom stereocenters. The first kappa shape index (κ1) is 23.5. The van der Waals surface area contributed by atoms with E-state index in [0.717, 1.165) is 19.5 Å². The largest absolute Gasteiger partial charge is 0.343 e. The maximum Gasteiger partial charge on any atom is 0.100 e. The number of nitrogens with two attached hydrogens (primary N) is 1. The summed E-state index contributed by atoms with van der Waals surface area (Å²) >= 11 is 0. The first-order valence-corrected chi connectivity index (χ1v) is 11.8. The van der Waals surface area contributed by atoms with Crippen molar-refractivity contribution in [1.29, 1.82) is 0 Å². The van der Waals surface area contributed by atoms with Crippen molar-refractivity contribution in [2.75, 3.05) is 13.1 Å². The highest BCUT2D eigenvalue weighted by Crippen LogP contribution is 2.15. The van der Waals surface area contributed by atoms with Gasteiger partial charge in [0.25, 0.3) is 0 Å². The highest BCUT2D eigenvalue weighted by atomic mass is 15.3. The van der Waals surface area contributed by atoms with E-state index >= 15 is 0 Å². The number of amidine groups is 1. The fourth-order valence-corrected chi connectivity index (χ4v) is 4.00. The minimum Gasteiger partial charge on any atom is -0.343 e. The average molecular weight is 366 g/mol. The quantitative estimate of drug-likeness (QED) is 0.276. The normalized spacial score (nSPS) is 15.5. The van der Waals surface area contributed by atoms with Gasteiger partial charge in [0, 0.05) is 13.0 Å². The molecule has 0 aromatic rings. The van der Waals surface area contributed by atoms with Gasteiger partial charge in [-0.1, -0.05) is 103 Å². The lowest BCUT2D eigenvalue weighted by Crippen LogP contribution is -2.41. The van der Waals surface area contributed by atoms with E-state index in [1.807, 2.05) is 0 Å². The van der Waals surface area contributed by atoms with Crippen molar-refractivity contribution in [3.8, 4) is 0 Å². The van der Waals surface area contributed by atoms with E-state index in [9.17, 15) is 0 Å². The predicted molar refractivity (Wildman–Crippen MR) is 117 cm³/mol. The van der Waals surface area contributed by atoms with E-state index in [0.29, 0.717) is 0 Å². The number of rotatable bonds is 18. The van der Waals surface area contributed by atoms with Crippen LogP contribution in [0.15, 0.2) is 4.99 Å². The third kappa shape index (κ3) is 11.9. The zero-order chi connectivity index (χ0) is 18.9. The Morgan fingerprint density at radius 2 is 1.19 bits per heavy atom. The van der Waals surface area contributed by atoms with Crippen molar-refractivity contribution in [1.82, 2.24) is 4.90 Å². The predicted octanol–water partition coefficient (Wildman–Crippen LogP) is 6.66. The van der Waals surface area contributed by atoms with E-state index < -0.39 is 0 Å². The Morgan fingerprint density at radius 3 is 1.62 bits per heavy atom. The molecular weight excluding hydrogens is 318 g/mol. The molecule has 3 heteroatoms. The van der Waals surface area contributed by atoms with Crippen LogP contribution in [0.3, 0.4) is 0 Å². The Hall–Kier alpha value is -0.570. The SMILES string of the molecule is CCCCCCCCCCCCCCCCCCC1=NCCN1C(C)N. The summed E-state index contributed by atoms with van der Waals surface area (Å²) in [5.74, 6) is 1.25. The molecule has 0 aromatic heterocycles. The summed E-state index contributed by atoms with van der Waals surface area (Å²) in [4.78, 5) is 6.88. The lowest BCUT2D eigenvalue weighted by atomic mass is 10.0. The molecule has 1 rings (SSSR count). The average Bonchev–Trinajstić information content (AvgIpc) is 3.10. The van der Waals surface area contributed by atoms with Crippen LogP contribution in [0.25, 0.3) is 0 Å². The lowest BCUT2D eigenvalue weighted by Gasteiger charge is -2.24. The first-order valence-electron chi connectivity index (χ1n) is 11.8. The van der Waals surface area contributed by atoms with Crippen LogP contribution in [-0.4, -0.2) is 30.0 Å². The van der Waals surface area contributed by atoms with Crippen molar-refractivity contribution in [2.45, 2.75) is 129 Å². The molecule has 0 saturated heterocycles. The molecule has 0 radical (unpaired) electrons. The number of hydrogen-bond donors (Lipinski definition) is 1. The zero-order valence-corrected chi connectivity index (χ0v) is 18.0. The lowest BCUT2D eigenvalue weighted by molar-refractivity contribution is 0.358. The van der Waals surface area contributed by atoms with Crippen molar-refractivity contribution in [2.24, 2.45) is 10.7 Å². The number of aliphatic imine (C=N–C) groups is 1. The van der Waals surface area contributed by atoms with Crippen molar-refractivity contribution in [3.05, 3.63) is 0 Å². The summed E-state index contributed by atoms with van der Waals surface area (Å²) in [5.41, 5.74) is 5.99. The third-order valence-corrected chi connectivity index (χ3v) is 5.71. The van der Waals surface area contributed by atoms with Gasteiger partial charge in [-0.05, 0) is 13.3 Å². The standard InChI is InChI=1S/C23H47N3/c1-3-4-5-6-7-8-9-10-11-12-13-14-15-16-17-18-19-23-25-20-21-26(23)22(2)24/h22H,3-21,24H2,1-2H3. The smallest absolute Gasteiger partial charge is 0.100 e. The Bertz CT molecular complexity index is 338. The minimum absolute atomic E-state index is 0.123. The second-order valence-electron chi connectivity index (χ2n) is 8.29. The van der Waals surface area contributed by atoms with E-state index in [-0.39, 0.29) is 6.17 Å². The summed E-state index contributed by atoms with van der Waals surface area (Å²) in [7, 11) is 0. The van der Waals surface area contributed by atoms with Crippen LogP contribution in [0, 0.1) is 0 Å². The molecule has 0 aromatic carbocycles. The molecule has 2 N–H and O–H groups in total. The molecule has 1 aliphatic heterocycles. The van der Waals surface area contributed by atoms with Gasteiger partial charge in [0.2, 0.25) is 0 Å². The van der Waals surface area contributed by atoms with Gasteiger partial charge in [0.15, 0.2) is 0 Å². The van der Waals surface area contributed by atoms with Crippen LogP contribution in [0.1, 0.15) is 123 Å². The van der Waals surface area contributed by atoms with Crippen molar-refractivity contribution in [3.63, 3.8) is 0 Å². The number of unbranched alkanes of at least 4 members (excludes halogenated alkanes) is 15. The van der Waals surface area contributed by atoms with Crippen LogP contribution in [0.5, 0.6) is 0 Å². The first-order chi connectivity index (χ1) is 12.8. The van der Waals surface area contributed by atoms with Gasteiger partial charge in [-0.15, -0.1) is 0 Å². The highest BCUT2D eigenvalue weighted by molar-refractivity contribution is 5.83. The van der Waals surface area contributed by atoms with Gasteiger partial charge >= 0.3 is 0 Å². The van der Waals surface area contributed by atoms with Crippen LogP contribution in [0.4, 0.5) is 0 Å². The third-order valence-electron chi connectivity index (χ3n) is 5.71. The Morgan fingerprint density at radius 1 is 0.769 bits per heavy atom. The van der Waals surface area contributed by atoms with E-state index in [1.54, 1.807) is 0 Å². The molecule has 0 aliphatic carbocycles. The molecule has 0 fully saturated rings. The second kappa shape index (κ2) is 16.6. The zero-order valence-electron chi connectivity index (χ0n) is 18.0. The van der Waals surface area contributed by atoms with Crippen LogP contribution in [-0.2, 0) is 0 Å². The van der Waals surface area contributed by atoms with Gasteiger partial charge in [0.05, 0.1) is 12.7 Å². The summed E-state index contributed by atoms with van der Waals surface area (Å²) in [6.45, 7) is 6.32. The van der Waals surface area contributed by atoms with Crippen molar-refractivity contribution < 1.29 is 0 Å².